The summed E-state index contributed by atoms with van der Waals surface area (Å²) in [5, 5.41) is 14.7. The van der Waals surface area contributed by atoms with E-state index in [-0.39, 0.29) is 5.54 Å². The highest BCUT2D eigenvalue weighted by atomic mass is 16.4. The summed E-state index contributed by atoms with van der Waals surface area (Å²) in [6.07, 6.45) is 5.33. The van der Waals surface area contributed by atoms with Gasteiger partial charge in [0.15, 0.2) is 0 Å². The van der Waals surface area contributed by atoms with Crippen LogP contribution in [0.15, 0.2) is 4.42 Å². The van der Waals surface area contributed by atoms with Gasteiger partial charge in [0.25, 0.3) is 0 Å². The predicted octanol–water partition coefficient (Wildman–Crippen LogP) is 3.20. The second-order valence-electron chi connectivity index (χ2n) is 7.12. The van der Waals surface area contributed by atoms with Gasteiger partial charge in [-0.1, -0.05) is 24.9 Å². The van der Waals surface area contributed by atoms with Gasteiger partial charge in [0.1, 0.15) is 0 Å². The Labute approximate surface area is 121 Å². The van der Waals surface area contributed by atoms with Crippen molar-refractivity contribution in [3.8, 4) is 0 Å². The number of rotatable bonds is 5. The van der Waals surface area contributed by atoms with Crippen LogP contribution in [0.2, 0.25) is 0 Å². The third-order valence-electron chi connectivity index (χ3n) is 3.82. The van der Waals surface area contributed by atoms with Crippen molar-refractivity contribution in [2.75, 3.05) is 11.9 Å². The average Bonchev–Trinajstić information content (AvgIpc) is 2.81. The van der Waals surface area contributed by atoms with Crippen LogP contribution in [0.4, 0.5) is 6.01 Å². The first-order valence-corrected chi connectivity index (χ1v) is 7.73. The largest absolute Gasteiger partial charge is 0.407 e. The normalized spacial score (nSPS) is 23.8. The van der Waals surface area contributed by atoms with Crippen molar-refractivity contribution in [3.63, 3.8) is 0 Å². The fourth-order valence-electron chi connectivity index (χ4n) is 2.71. The summed E-state index contributed by atoms with van der Waals surface area (Å²) in [5.74, 6) is 2.23. The van der Waals surface area contributed by atoms with E-state index in [2.05, 4.69) is 48.5 Å². The van der Waals surface area contributed by atoms with Gasteiger partial charge in [0.05, 0.1) is 6.54 Å². The lowest BCUT2D eigenvalue weighted by Gasteiger charge is -2.26. The third-order valence-corrected chi connectivity index (χ3v) is 3.82. The summed E-state index contributed by atoms with van der Waals surface area (Å²) in [4.78, 5) is 0. The van der Waals surface area contributed by atoms with Gasteiger partial charge in [-0.25, -0.2) is 0 Å². The molecule has 1 fully saturated rings. The Bertz CT molecular complexity index is 410. The van der Waals surface area contributed by atoms with E-state index in [1.807, 2.05) is 0 Å². The van der Waals surface area contributed by atoms with Crippen molar-refractivity contribution in [3.05, 3.63) is 5.89 Å². The summed E-state index contributed by atoms with van der Waals surface area (Å²) < 4.78 is 5.60. The van der Waals surface area contributed by atoms with Gasteiger partial charge in [-0.05, 0) is 45.4 Å². The van der Waals surface area contributed by atoms with Crippen LogP contribution >= 0.6 is 0 Å². The molecule has 1 aromatic heterocycles. The summed E-state index contributed by atoms with van der Waals surface area (Å²) in [7, 11) is 0. The standard InChI is InChI=1S/C15H28N4O/c1-11-6-5-7-12(8-11)9-16-14-19-18-13(20-14)10-17-15(2,3)4/h11-12,17H,5-10H2,1-4H3,(H,16,19). The molecule has 0 spiro atoms. The second-order valence-corrected chi connectivity index (χ2v) is 7.12. The molecule has 2 unspecified atom stereocenters. The molecule has 0 bridgehead atoms. The van der Waals surface area contributed by atoms with Crippen molar-refractivity contribution in [1.82, 2.24) is 15.5 Å². The Hall–Kier alpha value is -1.10. The van der Waals surface area contributed by atoms with E-state index in [0.29, 0.717) is 18.5 Å². The molecule has 2 rings (SSSR count). The molecule has 1 aromatic rings. The first-order valence-electron chi connectivity index (χ1n) is 7.73. The Balaban J connectivity index is 1.75. The highest BCUT2D eigenvalue weighted by molar-refractivity contribution is 5.17. The molecule has 0 aromatic carbocycles. The van der Waals surface area contributed by atoms with Crippen molar-refractivity contribution in [2.45, 2.75) is 65.5 Å². The highest BCUT2D eigenvalue weighted by Crippen LogP contribution is 2.28. The van der Waals surface area contributed by atoms with Crippen molar-refractivity contribution in [2.24, 2.45) is 11.8 Å². The van der Waals surface area contributed by atoms with Crippen LogP contribution in [0.25, 0.3) is 0 Å². The van der Waals surface area contributed by atoms with Crippen LogP contribution in [0.1, 0.15) is 59.3 Å². The minimum absolute atomic E-state index is 0.0559. The summed E-state index contributed by atoms with van der Waals surface area (Å²) in [6, 6.07) is 0.550. The van der Waals surface area contributed by atoms with Crippen LogP contribution < -0.4 is 10.6 Å². The number of nitrogens with one attached hydrogen (secondary N) is 2. The van der Waals surface area contributed by atoms with E-state index < -0.39 is 0 Å². The maximum Gasteiger partial charge on any atom is 0.315 e. The highest BCUT2D eigenvalue weighted by Gasteiger charge is 2.19. The fraction of sp³-hybridized carbons (Fsp3) is 0.867. The molecular formula is C15H28N4O. The summed E-state index contributed by atoms with van der Waals surface area (Å²) in [6.45, 7) is 10.2. The number of aromatic nitrogens is 2. The number of hydrogen-bond donors (Lipinski definition) is 2. The molecule has 2 atom stereocenters. The predicted molar refractivity (Wildman–Crippen MR) is 80.5 cm³/mol. The molecule has 0 saturated heterocycles. The van der Waals surface area contributed by atoms with Gasteiger partial charge in [0.2, 0.25) is 5.89 Å². The molecule has 1 heterocycles. The summed E-state index contributed by atoms with van der Waals surface area (Å²) >= 11 is 0. The Kier molecular flexibility index (Phi) is 5.02. The van der Waals surface area contributed by atoms with E-state index in [9.17, 15) is 0 Å². The van der Waals surface area contributed by atoms with Crippen LogP contribution in [0.5, 0.6) is 0 Å². The van der Waals surface area contributed by atoms with Crippen molar-refractivity contribution >= 4 is 6.01 Å². The molecule has 114 valence electrons. The van der Waals surface area contributed by atoms with Gasteiger partial charge in [-0.2, -0.15) is 0 Å². The minimum atomic E-state index is 0.0559. The van der Waals surface area contributed by atoms with E-state index >= 15 is 0 Å². The van der Waals surface area contributed by atoms with E-state index in [4.69, 9.17) is 4.42 Å². The SMILES string of the molecule is CC1CCCC(CNc2nnc(CNC(C)(C)C)o2)C1. The summed E-state index contributed by atoms with van der Waals surface area (Å²) in [5.41, 5.74) is 0.0559. The zero-order valence-electron chi connectivity index (χ0n) is 13.2. The average molecular weight is 280 g/mol. The molecule has 1 saturated carbocycles. The zero-order valence-corrected chi connectivity index (χ0v) is 13.2. The minimum Gasteiger partial charge on any atom is -0.407 e. The molecule has 5 heteroatoms. The lowest BCUT2D eigenvalue weighted by atomic mass is 9.82. The van der Waals surface area contributed by atoms with E-state index in [0.717, 1.165) is 18.4 Å². The van der Waals surface area contributed by atoms with Crippen molar-refractivity contribution in [1.29, 1.82) is 0 Å². The van der Waals surface area contributed by atoms with Crippen LogP contribution in [0, 0.1) is 11.8 Å². The number of nitrogens with zero attached hydrogens (tertiary/aromatic N) is 2. The fourth-order valence-corrected chi connectivity index (χ4v) is 2.71. The topological polar surface area (TPSA) is 63.0 Å². The number of hydrogen-bond acceptors (Lipinski definition) is 5. The molecular weight excluding hydrogens is 252 g/mol. The Morgan fingerprint density at radius 2 is 2.05 bits per heavy atom. The maximum absolute atomic E-state index is 5.60. The van der Waals surface area contributed by atoms with Crippen LogP contribution in [0.3, 0.4) is 0 Å². The quantitative estimate of drug-likeness (QED) is 0.867. The molecule has 1 aliphatic carbocycles. The molecule has 5 nitrogen and oxygen atoms in total. The van der Waals surface area contributed by atoms with E-state index in [1.54, 1.807) is 0 Å². The van der Waals surface area contributed by atoms with Gasteiger partial charge in [-0.3, -0.25) is 0 Å². The number of anilines is 1. The lowest BCUT2D eigenvalue weighted by Crippen LogP contribution is -2.35. The first-order chi connectivity index (χ1) is 9.42. The van der Waals surface area contributed by atoms with Gasteiger partial charge in [0, 0.05) is 12.1 Å². The maximum atomic E-state index is 5.60. The van der Waals surface area contributed by atoms with Crippen LogP contribution in [-0.4, -0.2) is 22.3 Å². The molecule has 1 aliphatic rings. The molecule has 0 radical (unpaired) electrons. The molecule has 2 N–H and O–H groups in total. The third kappa shape index (κ3) is 5.12. The van der Waals surface area contributed by atoms with E-state index in [1.165, 1.54) is 25.7 Å². The molecule has 20 heavy (non-hydrogen) atoms. The smallest absolute Gasteiger partial charge is 0.315 e. The van der Waals surface area contributed by atoms with Gasteiger partial charge < -0.3 is 15.1 Å². The lowest BCUT2D eigenvalue weighted by molar-refractivity contribution is 0.292. The Morgan fingerprint density at radius 3 is 2.75 bits per heavy atom. The van der Waals surface area contributed by atoms with Gasteiger partial charge in [-0.15, -0.1) is 5.10 Å². The monoisotopic (exact) mass is 280 g/mol. The Morgan fingerprint density at radius 1 is 1.25 bits per heavy atom. The zero-order chi connectivity index (χ0) is 14.6. The van der Waals surface area contributed by atoms with Crippen LogP contribution in [-0.2, 0) is 6.54 Å². The molecule has 0 aliphatic heterocycles. The second kappa shape index (κ2) is 6.57. The molecule has 0 amide bonds. The van der Waals surface area contributed by atoms with Gasteiger partial charge >= 0.3 is 6.01 Å². The first kappa shape index (κ1) is 15.3. The van der Waals surface area contributed by atoms with Crippen molar-refractivity contribution < 1.29 is 4.42 Å².